The predicted molar refractivity (Wildman–Crippen MR) is 81.7 cm³/mol. The summed E-state index contributed by atoms with van der Waals surface area (Å²) in [5, 5.41) is 5.23. The Morgan fingerprint density at radius 1 is 1.37 bits per heavy atom. The van der Waals surface area contributed by atoms with E-state index in [1.54, 1.807) is 4.88 Å². The Bertz CT molecular complexity index is 426. The number of hydrogen-bond acceptors (Lipinski definition) is 3. The van der Waals surface area contributed by atoms with Gasteiger partial charge in [0.15, 0.2) is 0 Å². The monoisotopic (exact) mass is 278 g/mol. The van der Waals surface area contributed by atoms with Crippen molar-refractivity contribution in [2.75, 3.05) is 0 Å². The Morgan fingerprint density at radius 2 is 2.16 bits per heavy atom. The number of nitrogens with zero attached hydrogens (tertiary/aromatic N) is 1. The fraction of sp³-hybridized carbons (Fsp3) is 0.812. The third-order valence-electron chi connectivity index (χ3n) is 4.39. The molecule has 1 atom stereocenters. The Kier molecular flexibility index (Phi) is 3.69. The first-order valence-corrected chi connectivity index (χ1v) is 8.65. The van der Waals surface area contributed by atoms with Gasteiger partial charge in [0.1, 0.15) is 5.01 Å². The molecule has 3 rings (SSSR count). The molecule has 1 heterocycles. The molecule has 19 heavy (non-hydrogen) atoms. The smallest absolute Gasteiger partial charge is 0.113 e. The van der Waals surface area contributed by atoms with Crippen molar-refractivity contribution in [3.8, 4) is 0 Å². The number of rotatable bonds is 6. The van der Waals surface area contributed by atoms with Gasteiger partial charge in [-0.1, -0.05) is 13.8 Å². The fourth-order valence-electron chi connectivity index (χ4n) is 2.92. The van der Waals surface area contributed by atoms with Crippen molar-refractivity contribution in [1.29, 1.82) is 0 Å². The number of aryl methyl sites for hydroxylation is 2. The molecule has 106 valence electrons. The largest absolute Gasteiger partial charge is 0.303 e. The molecule has 0 aliphatic heterocycles. The molecule has 1 aromatic rings. The van der Waals surface area contributed by atoms with E-state index < -0.39 is 0 Å². The molecular formula is C16H26N2S. The Labute approximate surface area is 121 Å². The Hall–Kier alpha value is -0.410. The van der Waals surface area contributed by atoms with Gasteiger partial charge in [0.05, 0.1) is 11.2 Å². The molecule has 0 spiro atoms. The van der Waals surface area contributed by atoms with Gasteiger partial charge < -0.3 is 5.32 Å². The van der Waals surface area contributed by atoms with Gasteiger partial charge in [-0.2, -0.15) is 0 Å². The molecule has 1 saturated carbocycles. The highest BCUT2D eigenvalue weighted by Crippen LogP contribution is 2.38. The highest BCUT2D eigenvalue weighted by atomic mass is 32.1. The molecule has 0 saturated heterocycles. The zero-order chi connectivity index (χ0) is 13.5. The maximum atomic E-state index is 4.98. The molecule has 0 bridgehead atoms. The quantitative estimate of drug-likeness (QED) is 0.849. The van der Waals surface area contributed by atoms with Crippen LogP contribution in [0.3, 0.4) is 0 Å². The molecule has 1 unspecified atom stereocenters. The van der Waals surface area contributed by atoms with Gasteiger partial charge in [-0.3, -0.25) is 0 Å². The predicted octanol–water partition coefficient (Wildman–Crippen LogP) is 4.04. The van der Waals surface area contributed by atoms with E-state index in [1.807, 2.05) is 11.3 Å². The van der Waals surface area contributed by atoms with E-state index in [1.165, 1.54) is 55.6 Å². The summed E-state index contributed by atoms with van der Waals surface area (Å²) in [6.45, 7) is 7.01. The van der Waals surface area contributed by atoms with Crippen LogP contribution in [0.2, 0.25) is 0 Å². The zero-order valence-corrected chi connectivity index (χ0v) is 13.3. The van der Waals surface area contributed by atoms with Gasteiger partial charge in [-0.25, -0.2) is 4.98 Å². The van der Waals surface area contributed by atoms with Gasteiger partial charge >= 0.3 is 0 Å². The van der Waals surface area contributed by atoms with E-state index in [0.29, 0.717) is 0 Å². The normalized spacial score (nSPS) is 21.7. The fourth-order valence-corrected chi connectivity index (χ4v) is 4.21. The van der Waals surface area contributed by atoms with Crippen LogP contribution < -0.4 is 5.32 Å². The average molecular weight is 278 g/mol. The van der Waals surface area contributed by atoms with Gasteiger partial charge in [-0.05, 0) is 57.8 Å². The summed E-state index contributed by atoms with van der Waals surface area (Å²) >= 11 is 1.98. The third kappa shape index (κ3) is 3.03. The SMILES string of the molecule is CC(C)CCC(C)(NC1CC1)c1nc2c(s1)CCC2. The molecule has 2 nitrogen and oxygen atoms in total. The van der Waals surface area contributed by atoms with Gasteiger partial charge in [0, 0.05) is 10.9 Å². The van der Waals surface area contributed by atoms with E-state index >= 15 is 0 Å². The maximum Gasteiger partial charge on any atom is 0.113 e. The van der Waals surface area contributed by atoms with Crippen LogP contribution in [-0.4, -0.2) is 11.0 Å². The van der Waals surface area contributed by atoms with Crippen LogP contribution in [0.4, 0.5) is 0 Å². The summed E-state index contributed by atoms with van der Waals surface area (Å²) in [5.41, 5.74) is 1.51. The lowest BCUT2D eigenvalue weighted by Crippen LogP contribution is -2.41. The van der Waals surface area contributed by atoms with Crippen LogP contribution in [0.1, 0.15) is 68.5 Å². The minimum absolute atomic E-state index is 0.112. The van der Waals surface area contributed by atoms with Gasteiger partial charge in [0.2, 0.25) is 0 Å². The molecule has 3 heteroatoms. The second-order valence-corrected chi connectivity index (χ2v) is 8.01. The van der Waals surface area contributed by atoms with Crippen LogP contribution >= 0.6 is 11.3 Å². The van der Waals surface area contributed by atoms with Crippen molar-refractivity contribution in [3.05, 3.63) is 15.6 Å². The molecule has 0 amide bonds. The zero-order valence-electron chi connectivity index (χ0n) is 12.5. The standard InChI is InChI=1S/C16H26N2S/c1-11(2)9-10-16(3,18-12-7-8-12)15-17-13-5-4-6-14(13)19-15/h11-12,18H,4-10H2,1-3H3. The van der Waals surface area contributed by atoms with E-state index in [4.69, 9.17) is 4.98 Å². The first-order valence-electron chi connectivity index (χ1n) is 7.83. The minimum Gasteiger partial charge on any atom is -0.303 e. The summed E-state index contributed by atoms with van der Waals surface area (Å²) in [7, 11) is 0. The third-order valence-corrected chi connectivity index (χ3v) is 5.81. The minimum atomic E-state index is 0.112. The highest BCUT2D eigenvalue weighted by Gasteiger charge is 2.37. The summed E-state index contributed by atoms with van der Waals surface area (Å²) in [6, 6.07) is 0.746. The summed E-state index contributed by atoms with van der Waals surface area (Å²) in [5.74, 6) is 0.770. The maximum absolute atomic E-state index is 4.98. The van der Waals surface area contributed by atoms with Crippen molar-refractivity contribution in [1.82, 2.24) is 10.3 Å². The first kappa shape index (κ1) is 13.6. The summed E-state index contributed by atoms with van der Waals surface area (Å²) in [4.78, 5) is 6.54. The number of nitrogens with one attached hydrogen (secondary N) is 1. The summed E-state index contributed by atoms with van der Waals surface area (Å²) < 4.78 is 0. The van der Waals surface area contributed by atoms with E-state index in [-0.39, 0.29) is 5.54 Å². The van der Waals surface area contributed by atoms with E-state index in [2.05, 4.69) is 26.1 Å². The van der Waals surface area contributed by atoms with E-state index in [9.17, 15) is 0 Å². The van der Waals surface area contributed by atoms with Crippen molar-refractivity contribution in [3.63, 3.8) is 0 Å². The highest BCUT2D eigenvalue weighted by molar-refractivity contribution is 7.12. The van der Waals surface area contributed by atoms with Crippen molar-refractivity contribution < 1.29 is 0 Å². The van der Waals surface area contributed by atoms with Crippen LogP contribution in [-0.2, 0) is 18.4 Å². The molecule has 2 aliphatic carbocycles. The molecule has 2 aliphatic rings. The molecule has 1 N–H and O–H groups in total. The molecular weight excluding hydrogens is 252 g/mol. The molecule has 1 fully saturated rings. The first-order chi connectivity index (χ1) is 9.07. The van der Waals surface area contributed by atoms with Crippen LogP contribution in [0.25, 0.3) is 0 Å². The Balaban J connectivity index is 1.79. The number of thiazole rings is 1. The van der Waals surface area contributed by atoms with Crippen molar-refractivity contribution >= 4 is 11.3 Å². The van der Waals surface area contributed by atoms with Crippen LogP contribution in [0, 0.1) is 5.92 Å². The number of hydrogen-bond donors (Lipinski definition) is 1. The average Bonchev–Trinajstić information content (AvgIpc) is 2.89. The lowest BCUT2D eigenvalue weighted by molar-refractivity contribution is 0.307. The van der Waals surface area contributed by atoms with Crippen LogP contribution in [0.15, 0.2) is 0 Å². The van der Waals surface area contributed by atoms with Crippen molar-refractivity contribution in [2.45, 2.75) is 77.3 Å². The van der Waals surface area contributed by atoms with Gasteiger partial charge in [0.25, 0.3) is 0 Å². The number of aromatic nitrogens is 1. The topological polar surface area (TPSA) is 24.9 Å². The molecule has 0 radical (unpaired) electrons. The molecule has 0 aromatic carbocycles. The second kappa shape index (κ2) is 5.17. The second-order valence-electron chi connectivity index (χ2n) is 6.93. The summed E-state index contributed by atoms with van der Waals surface area (Å²) in [6.07, 6.45) is 8.97. The number of fused-ring (bicyclic) bond motifs is 1. The van der Waals surface area contributed by atoms with Gasteiger partial charge in [-0.15, -0.1) is 11.3 Å². The Morgan fingerprint density at radius 3 is 2.79 bits per heavy atom. The lowest BCUT2D eigenvalue weighted by atomic mass is 9.92. The lowest BCUT2D eigenvalue weighted by Gasteiger charge is -2.30. The van der Waals surface area contributed by atoms with Crippen LogP contribution in [0.5, 0.6) is 0 Å². The van der Waals surface area contributed by atoms with E-state index in [0.717, 1.165) is 12.0 Å². The van der Waals surface area contributed by atoms with Crippen molar-refractivity contribution in [2.24, 2.45) is 5.92 Å². The molecule has 1 aromatic heterocycles.